The Morgan fingerprint density at radius 3 is 3.00 bits per heavy atom. The van der Waals surface area contributed by atoms with Crippen molar-refractivity contribution in [1.82, 2.24) is 4.90 Å². The number of aliphatic hydroxyl groups excluding tert-OH is 1. The van der Waals surface area contributed by atoms with E-state index in [1.807, 2.05) is 6.92 Å². The number of hydrogen-bond acceptors (Lipinski definition) is 4. The summed E-state index contributed by atoms with van der Waals surface area (Å²) >= 11 is 0. The molecule has 88 valence electrons. The van der Waals surface area contributed by atoms with Gasteiger partial charge in [0.2, 0.25) is 0 Å². The highest BCUT2D eigenvalue weighted by atomic mass is 16.5. The van der Waals surface area contributed by atoms with E-state index in [4.69, 9.17) is 9.84 Å². The van der Waals surface area contributed by atoms with Crippen molar-refractivity contribution in [3.63, 3.8) is 0 Å². The molecule has 1 atom stereocenters. The van der Waals surface area contributed by atoms with E-state index in [1.165, 1.54) is 6.42 Å². The first kappa shape index (κ1) is 12.5. The van der Waals surface area contributed by atoms with Gasteiger partial charge in [-0.05, 0) is 32.7 Å². The first-order valence-corrected chi connectivity index (χ1v) is 5.78. The highest BCUT2D eigenvalue weighted by Crippen LogP contribution is 2.18. The summed E-state index contributed by atoms with van der Waals surface area (Å²) in [7, 11) is 0. The summed E-state index contributed by atoms with van der Waals surface area (Å²) < 4.78 is 4.93. The van der Waals surface area contributed by atoms with Crippen LogP contribution in [0, 0.1) is 0 Å². The highest BCUT2D eigenvalue weighted by molar-refractivity contribution is 5.71. The molecule has 1 rings (SSSR count). The first-order valence-electron chi connectivity index (χ1n) is 5.78. The summed E-state index contributed by atoms with van der Waals surface area (Å²) in [6.45, 7) is 3.78. The maximum Gasteiger partial charge on any atom is 0.320 e. The molecule has 0 saturated carbocycles. The lowest BCUT2D eigenvalue weighted by atomic mass is 10.00. The zero-order valence-corrected chi connectivity index (χ0v) is 9.45. The number of esters is 1. The van der Waals surface area contributed by atoms with Gasteiger partial charge in [0, 0.05) is 12.6 Å². The van der Waals surface area contributed by atoms with E-state index < -0.39 is 0 Å². The third kappa shape index (κ3) is 4.18. The van der Waals surface area contributed by atoms with Gasteiger partial charge in [0.25, 0.3) is 0 Å². The summed E-state index contributed by atoms with van der Waals surface area (Å²) in [4.78, 5) is 13.5. The molecule has 1 fully saturated rings. The third-order valence-electron chi connectivity index (χ3n) is 2.85. The molecule has 0 radical (unpaired) electrons. The largest absolute Gasteiger partial charge is 0.465 e. The Morgan fingerprint density at radius 1 is 1.53 bits per heavy atom. The van der Waals surface area contributed by atoms with Gasteiger partial charge in [0.1, 0.15) is 0 Å². The number of rotatable bonds is 5. The Hall–Kier alpha value is -0.610. The molecular weight excluding hydrogens is 194 g/mol. The number of ether oxygens (including phenoxy) is 1. The van der Waals surface area contributed by atoms with Crippen LogP contribution < -0.4 is 0 Å². The molecule has 0 aromatic rings. The Kier molecular flexibility index (Phi) is 5.65. The van der Waals surface area contributed by atoms with Gasteiger partial charge in [0.15, 0.2) is 0 Å². The topological polar surface area (TPSA) is 49.8 Å². The molecule has 1 N–H and O–H groups in total. The van der Waals surface area contributed by atoms with Crippen LogP contribution in [-0.2, 0) is 9.53 Å². The number of aliphatic hydroxyl groups is 1. The second-order valence-electron chi connectivity index (χ2n) is 3.94. The van der Waals surface area contributed by atoms with Gasteiger partial charge in [-0.25, -0.2) is 0 Å². The van der Waals surface area contributed by atoms with E-state index in [-0.39, 0.29) is 12.6 Å². The minimum Gasteiger partial charge on any atom is -0.465 e. The summed E-state index contributed by atoms with van der Waals surface area (Å²) in [6.07, 6.45) is 4.19. The molecule has 1 aliphatic heterocycles. The Balaban J connectivity index is 2.38. The normalized spacial score (nSPS) is 22.7. The van der Waals surface area contributed by atoms with Crippen LogP contribution in [0.2, 0.25) is 0 Å². The van der Waals surface area contributed by atoms with Gasteiger partial charge >= 0.3 is 5.97 Å². The van der Waals surface area contributed by atoms with E-state index in [2.05, 4.69) is 4.90 Å². The molecule has 0 bridgehead atoms. The number of hydrogen-bond donors (Lipinski definition) is 1. The molecule has 4 nitrogen and oxygen atoms in total. The van der Waals surface area contributed by atoms with Crippen LogP contribution in [0.25, 0.3) is 0 Å². The lowest BCUT2D eigenvalue weighted by Gasteiger charge is -2.34. The quantitative estimate of drug-likeness (QED) is 0.689. The Morgan fingerprint density at radius 2 is 2.33 bits per heavy atom. The fraction of sp³-hybridized carbons (Fsp3) is 0.909. The number of carbonyl (C=O) groups excluding carboxylic acids is 1. The summed E-state index contributed by atoms with van der Waals surface area (Å²) in [5.41, 5.74) is 0. The molecule has 1 heterocycles. The number of carbonyl (C=O) groups is 1. The van der Waals surface area contributed by atoms with Gasteiger partial charge in [-0.1, -0.05) is 6.42 Å². The minimum absolute atomic E-state index is 0.151. The van der Waals surface area contributed by atoms with Crippen LogP contribution in [-0.4, -0.2) is 48.3 Å². The summed E-state index contributed by atoms with van der Waals surface area (Å²) in [5, 5.41) is 8.93. The maximum absolute atomic E-state index is 11.3. The molecule has 0 aromatic carbocycles. The van der Waals surface area contributed by atoms with Gasteiger partial charge in [0.05, 0.1) is 13.2 Å². The molecule has 4 heteroatoms. The van der Waals surface area contributed by atoms with E-state index >= 15 is 0 Å². The van der Waals surface area contributed by atoms with Gasteiger partial charge in [-0.15, -0.1) is 0 Å². The van der Waals surface area contributed by atoms with Crippen molar-refractivity contribution < 1.29 is 14.6 Å². The fourth-order valence-corrected chi connectivity index (χ4v) is 2.12. The average molecular weight is 215 g/mol. The molecule has 0 aromatic heterocycles. The molecule has 0 spiro atoms. The summed E-state index contributed by atoms with van der Waals surface area (Å²) in [5.74, 6) is -0.151. The van der Waals surface area contributed by atoms with Crippen molar-refractivity contribution in [2.45, 2.75) is 38.6 Å². The van der Waals surface area contributed by atoms with Crippen molar-refractivity contribution >= 4 is 5.97 Å². The maximum atomic E-state index is 11.3. The second-order valence-corrected chi connectivity index (χ2v) is 3.94. The van der Waals surface area contributed by atoms with Crippen LogP contribution in [0.5, 0.6) is 0 Å². The molecular formula is C11H21NO3. The molecule has 0 aliphatic carbocycles. The lowest BCUT2D eigenvalue weighted by Crippen LogP contribution is -2.43. The lowest BCUT2D eigenvalue weighted by molar-refractivity contribution is -0.145. The van der Waals surface area contributed by atoms with Crippen LogP contribution in [0.4, 0.5) is 0 Å². The third-order valence-corrected chi connectivity index (χ3v) is 2.85. The predicted octanol–water partition coefficient (Wildman–Crippen LogP) is 0.786. The van der Waals surface area contributed by atoms with E-state index in [0.29, 0.717) is 19.2 Å². The highest BCUT2D eigenvalue weighted by Gasteiger charge is 2.23. The van der Waals surface area contributed by atoms with Crippen molar-refractivity contribution in [3.8, 4) is 0 Å². The fourth-order valence-electron chi connectivity index (χ4n) is 2.12. The van der Waals surface area contributed by atoms with Crippen LogP contribution in [0.1, 0.15) is 32.6 Å². The van der Waals surface area contributed by atoms with Gasteiger partial charge in [-0.2, -0.15) is 0 Å². The number of nitrogens with zero attached hydrogens (tertiary/aromatic N) is 1. The van der Waals surface area contributed by atoms with Crippen molar-refractivity contribution in [2.75, 3.05) is 26.3 Å². The van der Waals surface area contributed by atoms with E-state index in [9.17, 15) is 4.79 Å². The van der Waals surface area contributed by atoms with Crippen molar-refractivity contribution in [1.29, 1.82) is 0 Å². The Labute approximate surface area is 91.2 Å². The smallest absolute Gasteiger partial charge is 0.320 e. The van der Waals surface area contributed by atoms with Crippen LogP contribution >= 0.6 is 0 Å². The minimum atomic E-state index is -0.151. The van der Waals surface area contributed by atoms with E-state index in [0.717, 1.165) is 25.8 Å². The molecule has 0 amide bonds. The van der Waals surface area contributed by atoms with Gasteiger partial charge in [-0.3, -0.25) is 9.69 Å². The van der Waals surface area contributed by atoms with Crippen LogP contribution in [0.15, 0.2) is 0 Å². The van der Waals surface area contributed by atoms with E-state index in [1.54, 1.807) is 0 Å². The molecule has 15 heavy (non-hydrogen) atoms. The number of piperidine rings is 1. The van der Waals surface area contributed by atoms with Crippen LogP contribution in [0.3, 0.4) is 0 Å². The Bertz CT molecular complexity index is 194. The zero-order chi connectivity index (χ0) is 11.1. The first-order chi connectivity index (χ1) is 7.27. The molecule has 1 unspecified atom stereocenters. The average Bonchev–Trinajstić information content (AvgIpc) is 2.21. The second kappa shape index (κ2) is 6.80. The zero-order valence-electron chi connectivity index (χ0n) is 9.45. The standard InChI is InChI=1S/C11H21NO3/c1-2-15-11(14)9-12-7-4-3-5-10(12)6-8-13/h10,13H,2-9H2,1H3. The monoisotopic (exact) mass is 215 g/mol. The predicted molar refractivity (Wildman–Crippen MR) is 57.5 cm³/mol. The van der Waals surface area contributed by atoms with Crippen molar-refractivity contribution in [3.05, 3.63) is 0 Å². The van der Waals surface area contributed by atoms with Gasteiger partial charge < -0.3 is 9.84 Å². The number of likely N-dealkylation sites (tertiary alicyclic amines) is 1. The SMILES string of the molecule is CCOC(=O)CN1CCCCC1CCO. The molecule has 1 saturated heterocycles. The van der Waals surface area contributed by atoms with Crippen molar-refractivity contribution in [2.24, 2.45) is 0 Å². The summed E-state index contributed by atoms with van der Waals surface area (Å²) in [6, 6.07) is 0.355. The molecule has 1 aliphatic rings.